The number of hydrogen-bond donors (Lipinski definition) is 4. The largest absolute Gasteiger partial charge is 0.519 e. The average molecular weight is 834 g/mol. The molecule has 1 aromatic heterocycles. The van der Waals surface area contributed by atoms with Crippen LogP contribution in [0.5, 0.6) is 0 Å². The molecule has 4 N–H and O–H groups in total. The van der Waals surface area contributed by atoms with Crippen LogP contribution in [0.15, 0.2) is 79.9 Å². The van der Waals surface area contributed by atoms with Gasteiger partial charge in [0.2, 0.25) is 0 Å². The molecule has 4 aliphatic rings. The quantitative estimate of drug-likeness (QED) is 0.183. The Bertz CT molecular complexity index is 2260. The molecule has 3 aromatic rings. The number of hydrogen-bond acceptors (Lipinski definition) is 15. The summed E-state index contributed by atoms with van der Waals surface area (Å²) in [5, 5.41) is 40.0. The number of amides is 1. The van der Waals surface area contributed by atoms with Gasteiger partial charge in [0, 0.05) is 30.8 Å². The fraction of sp³-hybridized carbons (Fsp3) is 0.523. The highest BCUT2D eigenvalue weighted by molar-refractivity contribution is 5.89. The van der Waals surface area contributed by atoms with E-state index in [1.165, 1.54) is 19.1 Å². The van der Waals surface area contributed by atoms with Crippen molar-refractivity contribution < 1.29 is 67.0 Å². The summed E-state index contributed by atoms with van der Waals surface area (Å²) in [6, 6.07) is 14.8. The van der Waals surface area contributed by atoms with E-state index in [-0.39, 0.29) is 41.3 Å². The zero-order valence-electron chi connectivity index (χ0n) is 34.7. The number of esters is 3. The summed E-state index contributed by atoms with van der Waals surface area (Å²) in [5.74, 6) is -5.73. The summed E-state index contributed by atoms with van der Waals surface area (Å²) in [7, 11) is 0. The topological polar surface area (TPSA) is 230 Å². The van der Waals surface area contributed by atoms with Crippen molar-refractivity contribution in [1.82, 2.24) is 5.32 Å². The molecule has 60 heavy (non-hydrogen) atoms. The van der Waals surface area contributed by atoms with E-state index in [2.05, 4.69) is 5.32 Å². The number of carbonyl (C=O) groups excluding carboxylic acids is 4. The number of alkyl carbamates (subject to hydrolysis) is 1. The summed E-state index contributed by atoms with van der Waals surface area (Å²) in [5.41, 5.74) is -7.33. The minimum absolute atomic E-state index is 0.105. The van der Waals surface area contributed by atoms with Crippen molar-refractivity contribution in [3.8, 4) is 0 Å². The lowest BCUT2D eigenvalue weighted by atomic mass is 9.46. The Balaban J connectivity index is 1.40. The number of nitrogens with one attached hydrogen (secondary N) is 1. The van der Waals surface area contributed by atoms with Gasteiger partial charge in [0.05, 0.1) is 35.6 Å². The fourth-order valence-electron chi connectivity index (χ4n) is 9.78. The molecule has 2 aromatic carbocycles. The molecule has 10 atom stereocenters. The molecule has 7 rings (SSSR count). The number of carbonyl (C=O) groups is 4. The van der Waals surface area contributed by atoms with E-state index in [4.69, 9.17) is 32.5 Å². The Kier molecular flexibility index (Phi) is 10.7. The maximum Gasteiger partial charge on any atom is 0.519 e. The van der Waals surface area contributed by atoms with Gasteiger partial charge in [-0.3, -0.25) is 4.79 Å². The van der Waals surface area contributed by atoms with Crippen molar-refractivity contribution in [2.24, 2.45) is 11.3 Å². The Morgan fingerprint density at radius 2 is 1.58 bits per heavy atom. The predicted molar refractivity (Wildman–Crippen MR) is 209 cm³/mol. The van der Waals surface area contributed by atoms with Crippen LogP contribution in [0.1, 0.15) is 102 Å². The van der Waals surface area contributed by atoms with E-state index in [1.807, 2.05) is 0 Å². The first kappa shape index (κ1) is 42.8. The molecule has 2 bridgehead atoms. The number of aliphatic hydroxyl groups excluding tert-OH is 2. The smallest absolute Gasteiger partial charge is 0.456 e. The van der Waals surface area contributed by atoms with E-state index in [9.17, 15) is 39.3 Å². The molecule has 322 valence electrons. The van der Waals surface area contributed by atoms with E-state index in [1.54, 1.807) is 97.0 Å². The molecule has 2 fully saturated rings. The SMILES string of the molecule is CC(=O)O[C@@]12CO[C@@H]1C[C@H](O)[C@@]1(C)c3oc(=O)oc3C3=C(C)[C@@H](OC(=O)[C@H](O)[C@@H](NC(=O)OC(C)(C)C)c4ccccc4)C[C@@](O)([C@@H](OC(=O)c4ccccc4)[C@H]21)C3(C)C. The fourth-order valence-corrected chi connectivity index (χ4v) is 9.78. The third-order valence-corrected chi connectivity index (χ3v) is 12.7. The van der Waals surface area contributed by atoms with E-state index in [0.29, 0.717) is 5.56 Å². The highest BCUT2D eigenvalue weighted by Crippen LogP contribution is 2.65. The first-order valence-corrected chi connectivity index (χ1v) is 19.8. The van der Waals surface area contributed by atoms with Gasteiger partial charge in [-0.05, 0) is 57.9 Å². The number of benzene rings is 2. The second kappa shape index (κ2) is 15.0. The third-order valence-electron chi connectivity index (χ3n) is 12.7. The van der Waals surface area contributed by atoms with Crippen molar-refractivity contribution in [3.05, 3.63) is 99.5 Å². The lowest BCUT2D eigenvalue weighted by molar-refractivity contribution is -0.338. The van der Waals surface area contributed by atoms with Gasteiger partial charge in [-0.15, -0.1) is 0 Å². The van der Waals surface area contributed by atoms with Gasteiger partial charge in [-0.1, -0.05) is 62.4 Å². The van der Waals surface area contributed by atoms with Crippen molar-refractivity contribution in [3.63, 3.8) is 0 Å². The van der Waals surface area contributed by atoms with Crippen molar-refractivity contribution in [1.29, 1.82) is 0 Å². The monoisotopic (exact) mass is 833 g/mol. The zero-order chi connectivity index (χ0) is 43.7. The van der Waals surface area contributed by atoms with Crippen molar-refractivity contribution in [2.45, 2.75) is 127 Å². The zero-order valence-corrected chi connectivity index (χ0v) is 34.7. The third kappa shape index (κ3) is 6.92. The molecule has 1 saturated heterocycles. The maximum atomic E-state index is 14.3. The Morgan fingerprint density at radius 1 is 0.950 bits per heavy atom. The van der Waals surface area contributed by atoms with Crippen molar-refractivity contribution >= 4 is 29.6 Å². The summed E-state index contributed by atoms with van der Waals surface area (Å²) in [6.07, 6.45) is -9.03. The Labute approximate surface area is 345 Å². The van der Waals surface area contributed by atoms with Gasteiger partial charge in [0.25, 0.3) is 0 Å². The standard InChI is InChI=1S/C44H51NO15/c1-22-26(55-37(50)31(48)30(24-15-11-9-12-16-24)45-38(51)60-40(3,4)5)20-44(53)35(57-36(49)25-17-13-10-14-18-25)33-42(8,27(47)19-28-43(33,21-54-28)59-23(2)46)34-32(56-39(52)58-34)29(22)41(44,6)7/h9-18,26-28,30-31,33,35,47-48,53H,19-21H2,1-8H3,(H,45,51)/t26-,27-,28+,30-,31+,33-,35-,42+,43-,44+/m0/s1. The highest BCUT2D eigenvalue weighted by Gasteiger charge is 2.77. The first-order valence-electron chi connectivity index (χ1n) is 19.8. The number of rotatable bonds is 8. The highest BCUT2D eigenvalue weighted by atomic mass is 16.6. The summed E-state index contributed by atoms with van der Waals surface area (Å²) in [4.78, 5) is 67.8. The molecule has 0 spiro atoms. The predicted octanol–water partition coefficient (Wildman–Crippen LogP) is 4.28. The summed E-state index contributed by atoms with van der Waals surface area (Å²) >= 11 is 0. The first-order chi connectivity index (χ1) is 28.0. The van der Waals surface area contributed by atoms with Gasteiger partial charge in [0.15, 0.2) is 23.2 Å². The van der Waals surface area contributed by atoms with Crippen LogP contribution < -0.4 is 11.1 Å². The second-order valence-electron chi connectivity index (χ2n) is 17.9. The minimum atomic E-state index is -2.31. The number of fused-ring (bicyclic) bond motifs is 8. The van der Waals surface area contributed by atoms with Crippen LogP contribution in [0.4, 0.5) is 4.79 Å². The van der Waals surface area contributed by atoms with Crippen LogP contribution in [-0.2, 0) is 38.7 Å². The minimum Gasteiger partial charge on any atom is -0.456 e. The van der Waals surface area contributed by atoms with Crippen LogP contribution in [-0.4, -0.2) is 93.3 Å². The van der Waals surface area contributed by atoms with Gasteiger partial charge >= 0.3 is 29.8 Å². The van der Waals surface area contributed by atoms with Crippen molar-refractivity contribution in [2.75, 3.05) is 6.61 Å². The van der Waals surface area contributed by atoms with Crippen LogP contribution in [0.3, 0.4) is 0 Å². The van der Waals surface area contributed by atoms with Crippen LogP contribution >= 0.6 is 0 Å². The van der Waals surface area contributed by atoms with Gasteiger partial charge in [0.1, 0.15) is 29.5 Å². The van der Waals surface area contributed by atoms with E-state index >= 15 is 0 Å². The molecule has 0 unspecified atom stereocenters. The molecular weight excluding hydrogens is 782 g/mol. The normalized spacial score (nSPS) is 31.3. The lowest BCUT2D eigenvalue weighted by Crippen LogP contribution is -2.80. The maximum absolute atomic E-state index is 14.3. The Hall–Kier alpha value is -5.29. The van der Waals surface area contributed by atoms with Crippen LogP contribution in [0.2, 0.25) is 0 Å². The van der Waals surface area contributed by atoms with Crippen LogP contribution in [0.25, 0.3) is 5.57 Å². The molecular formula is C44H51NO15. The molecule has 1 amide bonds. The summed E-state index contributed by atoms with van der Waals surface area (Å²) in [6.45, 7) is 12.3. The molecule has 3 aliphatic carbocycles. The average Bonchev–Trinajstić information content (AvgIpc) is 3.56. The van der Waals surface area contributed by atoms with Gasteiger partial charge in [-0.2, -0.15) is 0 Å². The summed E-state index contributed by atoms with van der Waals surface area (Å²) < 4.78 is 41.6. The number of aliphatic hydroxyl groups is 3. The molecule has 1 aliphatic heterocycles. The van der Waals surface area contributed by atoms with E-state index in [0.717, 1.165) is 0 Å². The van der Waals surface area contributed by atoms with Gasteiger partial charge < -0.3 is 53.2 Å². The molecule has 2 heterocycles. The van der Waals surface area contributed by atoms with Crippen LogP contribution in [0, 0.1) is 11.3 Å². The molecule has 16 heteroatoms. The molecule has 16 nitrogen and oxygen atoms in total. The van der Waals surface area contributed by atoms with E-state index < -0.39 is 106 Å². The van der Waals surface area contributed by atoms with Gasteiger partial charge in [-0.25, -0.2) is 19.2 Å². The lowest BCUT2D eigenvalue weighted by Gasteiger charge is -2.66. The second-order valence-corrected chi connectivity index (χ2v) is 17.9. The number of ether oxygens (including phenoxy) is 5. The molecule has 1 saturated carbocycles. The molecule has 0 radical (unpaired) electrons. The Morgan fingerprint density at radius 3 is 2.17 bits per heavy atom.